The van der Waals surface area contributed by atoms with Gasteiger partial charge in [0.1, 0.15) is 11.9 Å². The summed E-state index contributed by atoms with van der Waals surface area (Å²) in [6, 6.07) is 12.4. The maximum atomic E-state index is 13.2. The number of aldehydes is 1. The molecule has 2 saturated carbocycles. The third-order valence-electron chi connectivity index (χ3n) is 9.18. The van der Waals surface area contributed by atoms with Crippen LogP contribution in [-0.4, -0.2) is 61.5 Å². The van der Waals surface area contributed by atoms with Gasteiger partial charge in [0.25, 0.3) is 0 Å². The molecule has 1 spiro atoms. The third-order valence-corrected chi connectivity index (χ3v) is 9.50. The smallest absolute Gasteiger partial charge is 0.343 e. The number of hydrogen-bond acceptors (Lipinski definition) is 7. The van der Waals surface area contributed by atoms with Crippen LogP contribution in [0.1, 0.15) is 80.6 Å². The molecule has 9 heteroatoms. The Balaban J connectivity index is 0.000000244. The largest absolute Gasteiger partial charge is 0.496 e. The van der Waals surface area contributed by atoms with Crippen LogP contribution in [0.4, 0.5) is 5.69 Å². The first-order valence-electron chi connectivity index (χ1n) is 15.0. The SMILES string of the molecule is CCCN1CCC2(CC1)CC(OC(=O)C(O)(c1ccccc1)C1CCCC1)C2.COc1cc(NC=O)c(Cl)cc1C=O. The molecule has 42 heavy (non-hydrogen) atoms. The van der Waals surface area contributed by atoms with Crippen LogP contribution in [0.25, 0.3) is 0 Å². The molecule has 2 aromatic rings. The number of ether oxygens (including phenoxy) is 2. The van der Waals surface area contributed by atoms with Gasteiger partial charge in [0, 0.05) is 12.0 Å². The molecule has 5 rings (SSSR count). The Morgan fingerprint density at radius 1 is 1.14 bits per heavy atom. The highest BCUT2D eigenvalue weighted by atomic mass is 35.5. The molecule has 0 bridgehead atoms. The lowest BCUT2D eigenvalue weighted by Gasteiger charge is -2.52. The molecule has 1 aliphatic heterocycles. The number of nitrogens with one attached hydrogen (secondary N) is 1. The van der Waals surface area contributed by atoms with Crippen molar-refractivity contribution in [2.24, 2.45) is 11.3 Å². The lowest BCUT2D eigenvalue weighted by molar-refractivity contribution is -0.192. The molecule has 2 N–H and O–H groups in total. The summed E-state index contributed by atoms with van der Waals surface area (Å²) in [6.45, 7) is 5.77. The minimum atomic E-state index is -1.50. The predicted molar refractivity (Wildman–Crippen MR) is 163 cm³/mol. The Bertz CT molecular complexity index is 1200. The third kappa shape index (κ3) is 7.16. The summed E-state index contributed by atoms with van der Waals surface area (Å²) in [6.07, 6.45) is 10.6. The van der Waals surface area contributed by atoms with E-state index in [1.54, 1.807) is 0 Å². The van der Waals surface area contributed by atoms with E-state index in [1.165, 1.54) is 58.1 Å². The molecular weight excluding hydrogens is 556 g/mol. The standard InChI is InChI=1S/C24H35NO3.C9H8ClNO3/c1-2-14-25-15-12-23(13-16-25)17-21(18-23)28-22(26)24(27,20-10-6-7-11-20)19-8-4-3-5-9-19;1-14-9-3-8(11-5-13)7(10)2-6(9)4-12/h3-5,8-9,20-21,27H,2,6-7,10-18H2,1H3;2-5H,1H3,(H,11,13). The van der Waals surface area contributed by atoms with Crippen molar-refractivity contribution in [1.82, 2.24) is 4.90 Å². The number of anilines is 1. The van der Waals surface area contributed by atoms with Gasteiger partial charge < -0.3 is 24.8 Å². The number of halogens is 1. The fraction of sp³-hybridized carbons (Fsp3) is 0.545. The summed E-state index contributed by atoms with van der Waals surface area (Å²) >= 11 is 5.78. The first-order valence-corrected chi connectivity index (χ1v) is 15.4. The van der Waals surface area contributed by atoms with Gasteiger partial charge in [-0.05, 0) is 81.6 Å². The number of amides is 1. The lowest BCUT2D eigenvalue weighted by Crippen LogP contribution is -2.52. The van der Waals surface area contributed by atoms with Gasteiger partial charge in [-0.2, -0.15) is 0 Å². The van der Waals surface area contributed by atoms with Crippen molar-refractivity contribution in [3.8, 4) is 5.75 Å². The summed E-state index contributed by atoms with van der Waals surface area (Å²) < 4.78 is 10.9. The van der Waals surface area contributed by atoms with Gasteiger partial charge in [0.2, 0.25) is 6.41 Å². The number of carbonyl (C=O) groups excluding carboxylic acids is 3. The molecule has 3 aliphatic rings. The minimum Gasteiger partial charge on any atom is -0.496 e. The Morgan fingerprint density at radius 3 is 2.38 bits per heavy atom. The highest BCUT2D eigenvalue weighted by Gasteiger charge is 2.52. The maximum absolute atomic E-state index is 13.2. The van der Waals surface area contributed by atoms with E-state index in [-0.39, 0.29) is 12.0 Å². The van der Waals surface area contributed by atoms with Crippen molar-refractivity contribution in [2.75, 3.05) is 32.1 Å². The van der Waals surface area contributed by atoms with E-state index < -0.39 is 11.6 Å². The molecule has 0 radical (unpaired) electrons. The topological polar surface area (TPSA) is 105 Å². The van der Waals surface area contributed by atoms with Gasteiger partial charge in [-0.25, -0.2) is 4.79 Å². The van der Waals surface area contributed by atoms with Gasteiger partial charge in [-0.3, -0.25) is 9.59 Å². The number of rotatable bonds is 10. The van der Waals surface area contributed by atoms with Crippen LogP contribution in [0.2, 0.25) is 5.02 Å². The van der Waals surface area contributed by atoms with Crippen molar-refractivity contribution < 1.29 is 29.0 Å². The molecule has 2 aliphatic carbocycles. The Labute approximate surface area is 253 Å². The second-order valence-electron chi connectivity index (χ2n) is 11.8. The molecule has 3 fully saturated rings. The highest BCUT2D eigenvalue weighted by molar-refractivity contribution is 6.33. The Kier molecular flexibility index (Phi) is 11.0. The van der Waals surface area contributed by atoms with Crippen molar-refractivity contribution >= 4 is 36.0 Å². The molecule has 8 nitrogen and oxygen atoms in total. The molecular formula is C33H43ClN2O6. The van der Waals surface area contributed by atoms with E-state index in [4.69, 9.17) is 21.1 Å². The number of aliphatic hydroxyl groups is 1. The predicted octanol–water partition coefficient (Wildman–Crippen LogP) is 5.99. The number of benzene rings is 2. The van der Waals surface area contributed by atoms with E-state index in [0.717, 1.165) is 38.5 Å². The monoisotopic (exact) mass is 598 g/mol. The number of carbonyl (C=O) groups is 3. The summed E-state index contributed by atoms with van der Waals surface area (Å²) in [5.41, 5.74) is 0.310. The minimum absolute atomic E-state index is 0.0261. The Morgan fingerprint density at radius 2 is 1.81 bits per heavy atom. The number of likely N-dealkylation sites (tertiary alicyclic amines) is 1. The molecule has 1 unspecified atom stereocenters. The number of hydrogen-bond donors (Lipinski definition) is 2. The summed E-state index contributed by atoms with van der Waals surface area (Å²) in [5, 5.41) is 14.2. The second-order valence-corrected chi connectivity index (χ2v) is 12.3. The second kappa shape index (κ2) is 14.5. The fourth-order valence-electron chi connectivity index (χ4n) is 6.77. The average Bonchev–Trinajstić information content (AvgIpc) is 3.54. The Hall–Kier alpha value is -2.94. The molecule has 1 atom stereocenters. The van der Waals surface area contributed by atoms with Crippen LogP contribution in [-0.2, 0) is 19.9 Å². The van der Waals surface area contributed by atoms with Crippen LogP contribution in [0, 0.1) is 11.3 Å². The van der Waals surface area contributed by atoms with Crippen LogP contribution in [0.5, 0.6) is 5.75 Å². The molecule has 0 aromatic heterocycles. The molecule has 228 valence electrons. The quantitative estimate of drug-likeness (QED) is 0.256. The van der Waals surface area contributed by atoms with E-state index in [1.807, 2.05) is 30.3 Å². The molecule has 1 saturated heterocycles. The first kappa shape index (κ1) is 32.0. The van der Waals surface area contributed by atoms with Crippen LogP contribution in [0.3, 0.4) is 0 Å². The van der Waals surface area contributed by atoms with E-state index >= 15 is 0 Å². The van der Waals surface area contributed by atoms with Crippen molar-refractivity contribution in [1.29, 1.82) is 0 Å². The van der Waals surface area contributed by atoms with Gasteiger partial charge in [0.15, 0.2) is 11.9 Å². The van der Waals surface area contributed by atoms with E-state index in [0.29, 0.717) is 45.7 Å². The van der Waals surface area contributed by atoms with Gasteiger partial charge in [0.05, 0.1) is 23.4 Å². The maximum Gasteiger partial charge on any atom is 0.343 e. The van der Waals surface area contributed by atoms with Crippen LogP contribution < -0.4 is 10.1 Å². The van der Waals surface area contributed by atoms with Gasteiger partial charge >= 0.3 is 5.97 Å². The van der Waals surface area contributed by atoms with Gasteiger partial charge in [-0.15, -0.1) is 0 Å². The number of piperidine rings is 1. The van der Waals surface area contributed by atoms with Crippen molar-refractivity contribution in [3.05, 3.63) is 58.6 Å². The fourth-order valence-corrected chi connectivity index (χ4v) is 7.00. The summed E-state index contributed by atoms with van der Waals surface area (Å²) in [5.74, 6) is -0.0867. The zero-order chi connectivity index (χ0) is 30.2. The zero-order valence-electron chi connectivity index (χ0n) is 24.6. The van der Waals surface area contributed by atoms with E-state index in [2.05, 4.69) is 17.1 Å². The average molecular weight is 599 g/mol. The highest BCUT2D eigenvalue weighted by Crippen LogP contribution is 2.51. The van der Waals surface area contributed by atoms with Crippen molar-refractivity contribution in [3.63, 3.8) is 0 Å². The number of esters is 1. The molecule has 1 amide bonds. The summed E-state index contributed by atoms with van der Waals surface area (Å²) in [4.78, 5) is 36.5. The molecule has 2 aromatic carbocycles. The summed E-state index contributed by atoms with van der Waals surface area (Å²) in [7, 11) is 1.43. The first-order chi connectivity index (χ1) is 20.3. The van der Waals surface area contributed by atoms with Crippen LogP contribution in [0.15, 0.2) is 42.5 Å². The zero-order valence-corrected chi connectivity index (χ0v) is 25.4. The number of nitrogens with zero attached hydrogens (tertiary/aromatic N) is 1. The molecule has 1 heterocycles. The normalized spacial score (nSPS) is 20.0. The van der Waals surface area contributed by atoms with Crippen LogP contribution >= 0.6 is 11.6 Å². The van der Waals surface area contributed by atoms with Gasteiger partial charge in [-0.1, -0.05) is 61.7 Å². The lowest BCUT2D eigenvalue weighted by atomic mass is 9.61. The van der Waals surface area contributed by atoms with E-state index in [9.17, 15) is 19.5 Å². The van der Waals surface area contributed by atoms with Crippen molar-refractivity contribution in [2.45, 2.75) is 76.4 Å². The number of methoxy groups -OCH3 is 1.